The number of hydrogen-bond acceptors (Lipinski definition) is 3. The van der Waals surface area contributed by atoms with Crippen molar-refractivity contribution in [2.45, 2.75) is 45.4 Å². The highest BCUT2D eigenvalue weighted by molar-refractivity contribution is 6.95. The summed E-state index contributed by atoms with van der Waals surface area (Å²) in [7, 11) is -1.91. The summed E-state index contributed by atoms with van der Waals surface area (Å²) in [6, 6.07) is 10.3. The van der Waals surface area contributed by atoms with Crippen LogP contribution >= 0.6 is 0 Å². The average Bonchev–Trinajstić information content (AvgIpc) is 2.48. The fourth-order valence-corrected chi connectivity index (χ4v) is 4.69. The third kappa shape index (κ3) is 4.56. The maximum absolute atomic E-state index is 9.72. The topological polar surface area (TPSA) is 49.7 Å². The molecular weight excluding hydrogens is 268 g/mol. The number of unbranched alkanes of at least 4 members (excludes halogenated alkanes) is 1. The van der Waals surface area contributed by atoms with Gasteiger partial charge in [0.25, 0.3) is 0 Å². The molecule has 0 saturated heterocycles. The van der Waals surface area contributed by atoms with Gasteiger partial charge in [-0.15, -0.1) is 0 Å². The van der Waals surface area contributed by atoms with Crippen LogP contribution in [0.4, 0.5) is 0 Å². The second-order valence-corrected chi connectivity index (χ2v) is 10.1. The standard InChI is InChI=1S/C16H26O3Si/c1-4-5-9-14(19-18)12-16(13-17)20(2,3)15-10-7-6-8-11-15/h6-8,10-12,14,17-18H,4-5,9,13H2,1-3H3/b16-12-. The number of aliphatic hydroxyl groups is 1. The first-order valence-electron chi connectivity index (χ1n) is 7.24. The Morgan fingerprint density at radius 2 is 1.95 bits per heavy atom. The van der Waals surface area contributed by atoms with E-state index < -0.39 is 8.07 Å². The molecule has 1 rings (SSSR count). The molecule has 0 fully saturated rings. The van der Waals surface area contributed by atoms with Crippen LogP contribution in [0, 0.1) is 0 Å². The number of rotatable bonds is 8. The maximum Gasteiger partial charge on any atom is 0.111 e. The zero-order valence-corrected chi connectivity index (χ0v) is 13.7. The van der Waals surface area contributed by atoms with Crippen molar-refractivity contribution in [1.82, 2.24) is 0 Å². The molecule has 20 heavy (non-hydrogen) atoms. The lowest BCUT2D eigenvalue weighted by molar-refractivity contribution is -0.267. The molecular formula is C16H26O3Si. The molecule has 1 atom stereocenters. The summed E-state index contributed by atoms with van der Waals surface area (Å²) < 4.78 is 0. The molecule has 2 N–H and O–H groups in total. The summed E-state index contributed by atoms with van der Waals surface area (Å²) in [4.78, 5) is 4.55. The molecule has 112 valence electrons. The summed E-state index contributed by atoms with van der Waals surface area (Å²) in [6.07, 6.45) is 4.41. The normalized spacial score (nSPS) is 14.3. The molecule has 4 heteroatoms. The summed E-state index contributed by atoms with van der Waals surface area (Å²) in [5.74, 6) is 0. The Kier molecular flexibility index (Phi) is 7.16. The smallest absolute Gasteiger partial charge is 0.111 e. The molecule has 1 aromatic rings. The number of hydrogen-bond donors (Lipinski definition) is 2. The van der Waals surface area contributed by atoms with Crippen LogP contribution in [0.25, 0.3) is 0 Å². The summed E-state index contributed by atoms with van der Waals surface area (Å²) >= 11 is 0. The second kappa shape index (κ2) is 8.37. The molecule has 0 aliphatic rings. The van der Waals surface area contributed by atoms with Gasteiger partial charge in [0.15, 0.2) is 0 Å². The van der Waals surface area contributed by atoms with Crippen molar-refractivity contribution in [2.75, 3.05) is 6.61 Å². The molecule has 3 nitrogen and oxygen atoms in total. The quantitative estimate of drug-likeness (QED) is 0.440. The average molecular weight is 294 g/mol. The zero-order chi connectivity index (χ0) is 15.0. The Morgan fingerprint density at radius 3 is 2.45 bits per heavy atom. The minimum atomic E-state index is -1.91. The van der Waals surface area contributed by atoms with Crippen LogP contribution in [0.3, 0.4) is 0 Å². The van der Waals surface area contributed by atoms with E-state index in [-0.39, 0.29) is 12.7 Å². The van der Waals surface area contributed by atoms with E-state index >= 15 is 0 Å². The highest BCUT2D eigenvalue weighted by atomic mass is 28.3. The van der Waals surface area contributed by atoms with E-state index in [0.29, 0.717) is 0 Å². The van der Waals surface area contributed by atoms with E-state index in [9.17, 15) is 5.11 Å². The Hall–Kier alpha value is -0.943. The largest absolute Gasteiger partial charge is 0.392 e. The van der Waals surface area contributed by atoms with Crippen LogP contribution in [0.5, 0.6) is 0 Å². The summed E-state index contributed by atoms with van der Waals surface area (Å²) in [6.45, 7) is 6.53. The molecule has 0 bridgehead atoms. The van der Waals surface area contributed by atoms with Crippen molar-refractivity contribution in [1.29, 1.82) is 0 Å². The fourth-order valence-electron chi connectivity index (χ4n) is 2.30. The van der Waals surface area contributed by atoms with Crippen molar-refractivity contribution in [3.63, 3.8) is 0 Å². The van der Waals surface area contributed by atoms with Crippen LogP contribution in [0.1, 0.15) is 26.2 Å². The van der Waals surface area contributed by atoms with Gasteiger partial charge in [-0.3, -0.25) is 5.26 Å². The maximum atomic E-state index is 9.72. The highest BCUT2D eigenvalue weighted by Crippen LogP contribution is 2.18. The van der Waals surface area contributed by atoms with Crippen molar-refractivity contribution in [2.24, 2.45) is 0 Å². The van der Waals surface area contributed by atoms with Crippen molar-refractivity contribution >= 4 is 13.3 Å². The van der Waals surface area contributed by atoms with E-state index in [2.05, 4.69) is 37.0 Å². The van der Waals surface area contributed by atoms with E-state index in [0.717, 1.165) is 24.5 Å². The summed E-state index contributed by atoms with van der Waals surface area (Å²) in [5, 5.41) is 21.0. The van der Waals surface area contributed by atoms with Crippen LogP contribution in [-0.4, -0.2) is 31.1 Å². The predicted octanol–water partition coefficient (Wildman–Crippen LogP) is 3.11. The first-order valence-corrected chi connectivity index (χ1v) is 10.2. The van der Waals surface area contributed by atoms with Gasteiger partial charge >= 0.3 is 0 Å². The third-order valence-electron chi connectivity index (χ3n) is 3.83. The Balaban J connectivity index is 2.98. The fraction of sp³-hybridized carbons (Fsp3) is 0.500. The Bertz CT molecular complexity index is 415. The molecule has 0 saturated carbocycles. The SMILES string of the molecule is CCCCC(/C=C(/CO)[Si](C)(C)c1ccccc1)OO. The lowest BCUT2D eigenvalue weighted by atomic mass is 10.1. The van der Waals surface area contributed by atoms with Crippen molar-refractivity contribution in [3.05, 3.63) is 41.6 Å². The lowest BCUT2D eigenvalue weighted by Crippen LogP contribution is -2.45. The molecule has 0 heterocycles. The zero-order valence-electron chi connectivity index (χ0n) is 12.7. The van der Waals surface area contributed by atoms with Crippen molar-refractivity contribution in [3.8, 4) is 0 Å². The van der Waals surface area contributed by atoms with Gasteiger partial charge in [0.1, 0.15) is 14.2 Å². The van der Waals surface area contributed by atoms with E-state index in [1.54, 1.807) is 0 Å². The molecule has 1 aromatic carbocycles. The van der Waals surface area contributed by atoms with E-state index in [1.807, 2.05) is 24.3 Å². The van der Waals surface area contributed by atoms with Gasteiger partial charge in [-0.25, -0.2) is 4.89 Å². The highest BCUT2D eigenvalue weighted by Gasteiger charge is 2.28. The first-order chi connectivity index (χ1) is 9.56. The van der Waals surface area contributed by atoms with E-state index in [4.69, 9.17) is 5.26 Å². The molecule has 0 amide bonds. The molecule has 0 radical (unpaired) electrons. The minimum absolute atomic E-state index is 0.0140. The van der Waals surface area contributed by atoms with Gasteiger partial charge in [-0.1, -0.05) is 79.7 Å². The predicted molar refractivity (Wildman–Crippen MR) is 85.8 cm³/mol. The second-order valence-electron chi connectivity index (χ2n) is 5.63. The Morgan fingerprint density at radius 1 is 1.30 bits per heavy atom. The summed E-state index contributed by atoms with van der Waals surface area (Å²) in [5.41, 5.74) is 0. The molecule has 1 unspecified atom stereocenters. The van der Waals surface area contributed by atoms with Crippen LogP contribution in [0.15, 0.2) is 41.6 Å². The van der Waals surface area contributed by atoms with E-state index in [1.165, 1.54) is 5.19 Å². The van der Waals surface area contributed by atoms with Crippen LogP contribution < -0.4 is 5.19 Å². The Labute approximate surface area is 122 Å². The van der Waals surface area contributed by atoms with Gasteiger partial charge in [0, 0.05) is 0 Å². The molecule has 0 spiro atoms. The third-order valence-corrected chi connectivity index (χ3v) is 7.54. The van der Waals surface area contributed by atoms with Gasteiger partial charge in [0.05, 0.1) is 6.61 Å². The van der Waals surface area contributed by atoms with Crippen LogP contribution in [-0.2, 0) is 4.89 Å². The van der Waals surface area contributed by atoms with Gasteiger partial charge in [-0.05, 0) is 6.42 Å². The van der Waals surface area contributed by atoms with Gasteiger partial charge < -0.3 is 5.11 Å². The van der Waals surface area contributed by atoms with Gasteiger partial charge in [-0.2, -0.15) is 0 Å². The monoisotopic (exact) mass is 294 g/mol. The lowest BCUT2D eigenvalue weighted by Gasteiger charge is -2.26. The van der Waals surface area contributed by atoms with Crippen molar-refractivity contribution < 1.29 is 15.3 Å². The molecule has 0 aliphatic carbocycles. The van der Waals surface area contributed by atoms with Gasteiger partial charge in [0.2, 0.25) is 0 Å². The molecule has 0 aliphatic heterocycles. The first kappa shape index (κ1) is 17.1. The number of aliphatic hydroxyl groups excluding tert-OH is 1. The minimum Gasteiger partial charge on any atom is -0.392 e. The van der Waals surface area contributed by atoms with Crippen LogP contribution in [0.2, 0.25) is 13.1 Å². The number of benzene rings is 1. The molecule has 0 aromatic heterocycles.